The Bertz CT molecular complexity index is 494. The lowest BCUT2D eigenvalue weighted by Gasteiger charge is -2.53. The number of ether oxygens (including phenoxy) is 1. The van der Waals surface area contributed by atoms with Crippen LogP contribution in [-0.2, 0) is 4.74 Å². The number of benzene rings is 1. The highest BCUT2D eigenvalue weighted by Crippen LogP contribution is 2.54. The topological polar surface area (TPSA) is 26.3 Å². The number of hydrogen-bond donors (Lipinski definition) is 0. The fourth-order valence-corrected chi connectivity index (χ4v) is 5.11. The van der Waals surface area contributed by atoms with Crippen LogP contribution in [0.3, 0.4) is 0 Å². The van der Waals surface area contributed by atoms with E-state index in [9.17, 15) is 4.79 Å². The molecule has 0 unspecified atom stereocenters. The Labute approximate surface area is 128 Å². The molecule has 5 rings (SSSR count). The van der Waals surface area contributed by atoms with Crippen LogP contribution in [-0.4, -0.2) is 12.1 Å². The quantitative estimate of drug-likeness (QED) is 0.748. The van der Waals surface area contributed by atoms with Crippen molar-refractivity contribution < 1.29 is 9.53 Å². The van der Waals surface area contributed by atoms with E-state index in [2.05, 4.69) is 15.9 Å². The highest BCUT2D eigenvalue weighted by Gasteiger charge is 2.49. The maximum Gasteiger partial charge on any atom is 0.338 e. The third-order valence-electron chi connectivity index (χ3n) is 5.46. The largest absolute Gasteiger partial charge is 0.458 e. The monoisotopic (exact) mass is 334 g/mol. The summed E-state index contributed by atoms with van der Waals surface area (Å²) in [6, 6.07) is 7.46. The van der Waals surface area contributed by atoms with Crippen molar-refractivity contribution in [1.82, 2.24) is 0 Å². The smallest absolute Gasteiger partial charge is 0.338 e. The molecule has 2 nitrogen and oxygen atoms in total. The van der Waals surface area contributed by atoms with Crippen LogP contribution in [0.4, 0.5) is 0 Å². The zero-order valence-electron chi connectivity index (χ0n) is 11.4. The Morgan fingerprint density at radius 2 is 1.50 bits per heavy atom. The summed E-state index contributed by atoms with van der Waals surface area (Å²) >= 11 is 3.39. The van der Waals surface area contributed by atoms with Crippen molar-refractivity contribution in [3.8, 4) is 0 Å². The third-order valence-corrected chi connectivity index (χ3v) is 5.99. The van der Waals surface area contributed by atoms with Gasteiger partial charge in [-0.15, -0.1) is 0 Å². The van der Waals surface area contributed by atoms with Gasteiger partial charge in [0.25, 0.3) is 0 Å². The fraction of sp³-hybridized carbons (Fsp3) is 0.588. The molecule has 0 N–H and O–H groups in total. The summed E-state index contributed by atoms with van der Waals surface area (Å²) in [5, 5.41) is 0. The van der Waals surface area contributed by atoms with Gasteiger partial charge in [0.05, 0.1) is 5.56 Å². The van der Waals surface area contributed by atoms with Crippen LogP contribution in [0.5, 0.6) is 0 Å². The molecule has 1 aromatic rings. The predicted octanol–water partition coefficient (Wildman–Crippen LogP) is 4.43. The van der Waals surface area contributed by atoms with Gasteiger partial charge in [-0.2, -0.15) is 0 Å². The maximum atomic E-state index is 12.3. The van der Waals surface area contributed by atoms with Gasteiger partial charge in [-0.05, 0) is 80.0 Å². The van der Waals surface area contributed by atoms with Gasteiger partial charge in [-0.1, -0.05) is 15.9 Å². The molecule has 3 heteroatoms. The van der Waals surface area contributed by atoms with Crippen molar-refractivity contribution in [2.45, 2.75) is 38.2 Å². The first-order valence-corrected chi connectivity index (χ1v) is 8.45. The lowest BCUT2D eigenvalue weighted by atomic mass is 9.55. The summed E-state index contributed by atoms with van der Waals surface area (Å²) in [6.45, 7) is 0. The second-order valence-corrected chi connectivity index (χ2v) is 7.72. The van der Waals surface area contributed by atoms with E-state index in [1.165, 1.54) is 32.1 Å². The van der Waals surface area contributed by atoms with Crippen LogP contribution in [0.25, 0.3) is 0 Å². The number of hydrogen-bond acceptors (Lipinski definition) is 2. The van der Waals surface area contributed by atoms with E-state index in [4.69, 9.17) is 4.74 Å². The Morgan fingerprint density at radius 3 is 2.05 bits per heavy atom. The molecule has 0 radical (unpaired) electrons. The summed E-state index contributed by atoms with van der Waals surface area (Å²) in [7, 11) is 0. The molecule has 0 amide bonds. The molecule has 0 atom stereocenters. The summed E-state index contributed by atoms with van der Waals surface area (Å²) in [5.41, 5.74) is 0.669. The first kappa shape index (κ1) is 12.9. The molecule has 0 heterocycles. The molecule has 4 aliphatic rings. The summed E-state index contributed by atoms with van der Waals surface area (Å²) < 4.78 is 6.89. The molecule has 1 aromatic carbocycles. The summed E-state index contributed by atoms with van der Waals surface area (Å²) in [6.07, 6.45) is 6.74. The van der Waals surface area contributed by atoms with E-state index < -0.39 is 0 Å². The molecule has 20 heavy (non-hydrogen) atoms. The SMILES string of the molecule is O=C(OC1C2CC3CC(C2)CC1C3)c1ccc(Br)cc1. The highest BCUT2D eigenvalue weighted by molar-refractivity contribution is 9.10. The van der Waals surface area contributed by atoms with Crippen molar-refractivity contribution in [3.05, 3.63) is 34.3 Å². The van der Waals surface area contributed by atoms with Crippen LogP contribution < -0.4 is 0 Å². The standard InChI is InChI=1S/C17H19BrO2/c18-15-3-1-12(2-4-15)17(19)20-16-13-6-10-5-11(8-13)9-14(16)7-10/h1-4,10-11,13-14,16H,5-9H2. The summed E-state index contributed by atoms with van der Waals surface area (Å²) in [4.78, 5) is 12.3. The number of esters is 1. The molecule has 0 saturated heterocycles. The molecule has 4 aliphatic carbocycles. The molecule has 4 fully saturated rings. The molecule has 0 spiro atoms. The Kier molecular flexibility index (Phi) is 3.13. The van der Waals surface area contributed by atoms with E-state index in [0.717, 1.165) is 16.3 Å². The second-order valence-electron chi connectivity index (χ2n) is 6.81. The molecule has 0 aliphatic heterocycles. The zero-order chi connectivity index (χ0) is 13.7. The van der Waals surface area contributed by atoms with E-state index in [1.54, 1.807) is 0 Å². The first-order chi connectivity index (χ1) is 9.69. The van der Waals surface area contributed by atoms with Crippen LogP contribution >= 0.6 is 15.9 Å². The Morgan fingerprint density at radius 1 is 0.950 bits per heavy atom. The van der Waals surface area contributed by atoms with Gasteiger partial charge in [0.15, 0.2) is 0 Å². The maximum absolute atomic E-state index is 12.3. The molecule has 4 bridgehead atoms. The minimum absolute atomic E-state index is 0.144. The average molecular weight is 335 g/mol. The molecule has 106 valence electrons. The van der Waals surface area contributed by atoms with Crippen molar-refractivity contribution in [1.29, 1.82) is 0 Å². The number of carbonyl (C=O) groups is 1. The Balaban J connectivity index is 1.49. The van der Waals surface area contributed by atoms with Gasteiger partial charge in [0.1, 0.15) is 6.10 Å². The van der Waals surface area contributed by atoms with Gasteiger partial charge in [0.2, 0.25) is 0 Å². The highest BCUT2D eigenvalue weighted by atomic mass is 79.9. The molecular formula is C17H19BrO2. The third kappa shape index (κ3) is 2.20. The van der Waals surface area contributed by atoms with Crippen molar-refractivity contribution in [2.24, 2.45) is 23.7 Å². The first-order valence-electron chi connectivity index (χ1n) is 7.65. The summed E-state index contributed by atoms with van der Waals surface area (Å²) in [5.74, 6) is 2.95. The number of carbonyl (C=O) groups excluding carboxylic acids is 1. The molecule has 4 saturated carbocycles. The predicted molar refractivity (Wildman–Crippen MR) is 80.4 cm³/mol. The van der Waals surface area contributed by atoms with Crippen molar-refractivity contribution in [3.63, 3.8) is 0 Å². The van der Waals surface area contributed by atoms with Gasteiger partial charge >= 0.3 is 5.97 Å². The minimum atomic E-state index is -0.144. The van der Waals surface area contributed by atoms with Crippen LogP contribution in [0.2, 0.25) is 0 Å². The lowest BCUT2D eigenvalue weighted by Crippen LogP contribution is -2.50. The van der Waals surface area contributed by atoms with E-state index in [-0.39, 0.29) is 12.1 Å². The average Bonchev–Trinajstić information content (AvgIpc) is 2.42. The lowest BCUT2D eigenvalue weighted by molar-refractivity contribution is -0.101. The van der Waals surface area contributed by atoms with Crippen molar-refractivity contribution >= 4 is 21.9 Å². The second kappa shape index (κ2) is 4.87. The van der Waals surface area contributed by atoms with Gasteiger partial charge < -0.3 is 4.74 Å². The van der Waals surface area contributed by atoms with E-state index in [1.807, 2.05) is 24.3 Å². The van der Waals surface area contributed by atoms with Gasteiger partial charge in [-0.25, -0.2) is 4.79 Å². The fourth-order valence-electron chi connectivity index (χ4n) is 4.85. The van der Waals surface area contributed by atoms with E-state index >= 15 is 0 Å². The minimum Gasteiger partial charge on any atom is -0.458 e. The van der Waals surface area contributed by atoms with E-state index in [0.29, 0.717) is 17.4 Å². The number of rotatable bonds is 2. The Hall–Kier alpha value is -0.830. The van der Waals surface area contributed by atoms with Crippen LogP contribution in [0.15, 0.2) is 28.7 Å². The molecule has 0 aromatic heterocycles. The van der Waals surface area contributed by atoms with Gasteiger partial charge in [0, 0.05) is 4.47 Å². The number of halogens is 1. The van der Waals surface area contributed by atoms with Gasteiger partial charge in [-0.3, -0.25) is 0 Å². The zero-order valence-corrected chi connectivity index (χ0v) is 13.0. The normalized spacial score (nSPS) is 38.0. The van der Waals surface area contributed by atoms with Crippen molar-refractivity contribution in [2.75, 3.05) is 0 Å². The molecular weight excluding hydrogens is 316 g/mol. The van der Waals surface area contributed by atoms with Crippen LogP contribution in [0, 0.1) is 23.7 Å². The van der Waals surface area contributed by atoms with Crippen LogP contribution in [0.1, 0.15) is 42.5 Å².